The van der Waals surface area contributed by atoms with Gasteiger partial charge in [-0.05, 0) is 76.1 Å². The first-order chi connectivity index (χ1) is 9.84. The minimum atomic E-state index is 0.706. The van der Waals surface area contributed by atoms with Crippen molar-refractivity contribution in [3.63, 3.8) is 0 Å². The van der Waals surface area contributed by atoms with Gasteiger partial charge in [-0.1, -0.05) is 18.2 Å². The summed E-state index contributed by atoms with van der Waals surface area (Å²) in [6, 6.07) is 9.70. The zero-order chi connectivity index (χ0) is 13.8. The number of piperidine rings is 1. The van der Waals surface area contributed by atoms with Crippen molar-refractivity contribution < 1.29 is 0 Å². The Bertz CT molecular complexity index is 423. The van der Waals surface area contributed by atoms with Crippen LogP contribution in [0.5, 0.6) is 0 Å². The summed E-state index contributed by atoms with van der Waals surface area (Å²) in [4.78, 5) is 2.65. The highest BCUT2D eigenvalue weighted by Crippen LogP contribution is 2.31. The number of nitrogens with zero attached hydrogens (tertiary/aromatic N) is 1. The third-order valence-electron chi connectivity index (χ3n) is 5.13. The second-order valence-corrected chi connectivity index (χ2v) is 6.55. The summed E-state index contributed by atoms with van der Waals surface area (Å²) >= 11 is 0. The summed E-state index contributed by atoms with van der Waals surface area (Å²) in [5.74, 6) is 0.964. The van der Waals surface area contributed by atoms with Crippen molar-refractivity contribution in [2.45, 2.75) is 51.5 Å². The first-order valence-electron chi connectivity index (χ1n) is 8.40. The van der Waals surface area contributed by atoms with Gasteiger partial charge >= 0.3 is 0 Å². The van der Waals surface area contributed by atoms with Crippen LogP contribution in [0.25, 0.3) is 0 Å². The second kappa shape index (κ2) is 6.62. The Labute approximate surface area is 123 Å². The van der Waals surface area contributed by atoms with Crippen LogP contribution >= 0.6 is 0 Å². The van der Waals surface area contributed by atoms with Crippen LogP contribution in [-0.2, 0) is 6.42 Å². The van der Waals surface area contributed by atoms with Crippen LogP contribution in [0, 0.1) is 5.92 Å². The molecule has 0 saturated carbocycles. The van der Waals surface area contributed by atoms with Gasteiger partial charge in [-0.25, -0.2) is 0 Å². The molecule has 3 rings (SSSR count). The largest absolute Gasteiger partial charge is 0.369 e. The molecule has 2 nitrogen and oxygen atoms in total. The molecular formula is C18H28N2. The van der Waals surface area contributed by atoms with Crippen LogP contribution in [0.1, 0.15) is 44.6 Å². The Hall–Kier alpha value is -1.02. The van der Waals surface area contributed by atoms with Gasteiger partial charge in [-0.2, -0.15) is 0 Å². The molecule has 1 aromatic carbocycles. The van der Waals surface area contributed by atoms with E-state index in [1.165, 1.54) is 63.8 Å². The minimum Gasteiger partial charge on any atom is -0.369 e. The Balaban J connectivity index is 1.56. The fourth-order valence-corrected chi connectivity index (χ4v) is 3.82. The average molecular weight is 272 g/mol. The molecule has 1 N–H and O–H groups in total. The third kappa shape index (κ3) is 3.17. The molecule has 20 heavy (non-hydrogen) atoms. The number of rotatable bonds is 4. The maximum Gasteiger partial charge on any atom is 0.0401 e. The summed E-state index contributed by atoms with van der Waals surface area (Å²) in [5.41, 5.74) is 3.05. The Kier molecular flexibility index (Phi) is 4.62. The molecule has 0 bridgehead atoms. The highest BCUT2D eigenvalue weighted by molar-refractivity contribution is 5.56. The number of hydrogen-bond donors (Lipinski definition) is 1. The van der Waals surface area contributed by atoms with Gasteiger partial charge in [0, 0.05) is 18.3 Å². The molecule has 0 aliphatic carbocycles. The lowest BCUT2D eigenvalue weighted by atomic mass is 9.92. The van der Waals surface area contributed by atoms with Gasteiger partial charge in [0.15, 0.2) is 0 Å². The number of nitrogens with one attached hydrogen (secondary N) is 1. The van der Waals surface area contributed by atoms with Gasteiger partial charge in [0.1, 0.15) is 0 Å². The molecule has 110 valence electrons. The van der Waals surface area contributed by atoms with E-state index in [2.05, 4.69) is 41.4 Å². The van der Waals surface area contributed by atoms with Gasteiger partial charge < -0.3 is 10.2 Å². The maximum atomic E-state index is 3.46. The third-order valence-corrected chi connectivity index (χ3v) is 5.13. The summed E-state index contributed by atoms with van der Waals surface area (Å²) in [7, 11) is 0. The summed E-state index contributed by atoms with van der Waals surface area (Å²) in [6.45, 7) is 6.09. The molecule has 0 spiro atoms. The Morgan fingerprint density at radius 2 is 1.95 bits per heavy atom. The van der Waals surface area contributed by atoms with Gasteiger partial charge in [-0.15, -0.1) is 0 Å². The van der Waals surface area contributed by atoms with Gasteiger partial charge in [0.05, 0.1) is 0 Å². The van der Waals surface area contributed by atoms with E-state index in [-0.39, 0.29) is 0 Å². The fraction of sp³-hybridized carbons (Fsp3) is 0.667. The van der Waals surface area contributed by atoms with E-state index in [1.807, 2.05) is 0 Å². The molecule has 2 aliphatic rings. The minimum absolute atomic E-state index is 0.706. The van der Waals surface area contributed by atoms with Gasteiger partial charge in [0.25, 0.3) is 0 Å². The van der Waals surface area contributed by atoms with Crippen molar-refractivity contribution in [2.24, 2.45) is 5.92 Å². The number of para-hydroxylation sites is 1. The second-order valence-electron chi connectivity index (χ2n) is 6.55. The zero-order valence-corrected chi connectivity index (χ0v) is 12.8. The van der Waals surface area contributed by atoms with Crippen molar-refractivity contribution in [3.05, 3.63) is 29.8 Å². The molecule has 1 fully saturated rings. The number of aryl methyl sites for hydroxylation is 1. The number of fused-ring (bicyclic) bond motifs is 1. The lowest BCUT2D eigenvalue weighted by molar-refractivity contribution is 0.345. The topological polar surface area (TPSA) is 15.3 Å². The van der Waals surface area contributed by atoms with Crippen molar-refractivity contribution in [1.29, 1.82) is 0 Å². The Morgan fingerprint density at radius 3 is 2.80 bits per heavy atom. The molecule has 1 atom stereocenters. The van der Waals surface area contributed by atoms with Crippen LogP contribution in [0.15, 0.2) is 24.3 Å². The van der Waals surface area contributed by atoms with Gasteiger partial charge in [0.2, 0.25) is 0 Å². The normalized spacial score (nSPS) is 23.6. The Morgan fingerprint density at radius 1 is 1.15 bits per heavy atom. The molecule has 1 unspecified atom stereocenters. The van der Waals surface area contributed by atoms with Crippen molar-refractivity contribution in [1.82, 2.24) is 5.32 Å². The monoisotopic (exact) mass is 272 g/mol. The molecule has 1 aromatic rings. The predicted molar refractivity (Wildman–Crippen MR) is 86.4 cm³/mol. The van der Waals surface area contributed by atoms with Crippen LogP contribution in [0.4, 0.5) is 5.69 Å². The standard InChI is InChI=1S/C18H28N2/c1-15-8-9-17-6-2-3-7-18(17)20(15)14-4-5-16-10-12-19-13-11-16/h2-3,6-7,15-16,19H,4-5,8-14H2,1H3. The molecular weight excluding hydrogens is 244 g/mol. The molecule has 0 aromatic heterocycles. The number of anilines is 1. The van der Waals surface area contributed by atoms with Gasteiger partial charge in [-0.3, -0.25) is 0 Å². The zero-order valence-electron chi connectivity index (χ0n) is 12.8. The SMILES string of the molecule is CC1CCc2ccccc2N1CCCC1CCNCC1. The van der Waals surface area contributed by atoms with E-state index in [4.69, 9.17) is 0 Å². The van der Waals surface area contributed by atoms with E-state index >= 15 is 0 Å². The van der Waals surface area contributed by atoms with Crippen LogP contribution < -0.4 is 10.2 Å². The molecule has 2 aliphatic heterocycles. The average Bonchev–Trinajstić information content (AvgIpc) is 2.50. The lowest BCUT2D eigenvalue weighted by Crippen LogP contribution is -2.38. The summed E-state index contributed by atoms with van der Waals surface area (Å²) in [6.07, 6.45) is 8.08. The molecule has 2 heteroatoms. The summed E-state index contributed by atoms with van der Waals surface area (Å²) < 4.78 is 0. The van der Waals surface area contributed by atoms with Crippen molar-refractivity contribution >= 4 is 5.69 Å². The quantitative estimate of drug-likeness (QED) is 0.901. The molecule has 0 radical (unpaired) electrons. The van der Waals surface area contributed by atoms with Crippen molar-refractivity contribution in [3.8, 4) is 0 Å². The molecule has 2 heterocycles. The van der Waals surface area contributed by atoms with E-state index in [0.29, 0.717) is 6.04 Å². The van der Waals surface area contributed by atoms with Crippen molar-refractivity contribution in [2.75, 3.05) is 24.5 Å². The number of hydrogen-bond acceptors (Lipinski definition) is 2. The van der Waals surface area contributed by atoms with Crippen LogP contribution in [0.2, 0.25) is 0 Å². The number of benzene rings is 1. The predicted octanol–water partition coefficient (Wildman–Crippen LogP) is 3.61. The maximum absolute atomic E-state index is 3.46. The summed E-state index contributed by atoms with van der Waals surface area (Å²) in [5, 5.41) is 3.46. The smallest absolute Gasteiger partial charge is 0.0401 e. The first kappa shape index (κ1) is 13.9. The molecule has 0 amide bonds. The van der Waals surface area contributed by atoms with E-state index in [1.54, 1.807) is 5.56 Å². The lowest BCUT2D eigenvalue weighted by Gasteiger charge is -2.37. The van der Waals surface area contributed by atoms with Crippen LogP contribution in [0.3, 0.4) is 0 Å². The van der Waals surface area contributed by atoms with E-state index < -0.39 is 0 Å². The highest BCUT2D eigenvalue weighted by Gasteiger charge is 2.22. The fourth-order valence-electron chi connectivity index (χ4n) is 3.82. The first-order valence-corrected chi connectivity index (χ1v) is 8.40. The molecule has 1 saturated heterocycles. The van der Waals surface area contributed by atoms with Crippen LogP contribution in [-0.4, -0.2) is 25.7 Å². The van der Waals surface area contributed by atoms with E-state index in [9.17, 15) is 0 Å². The van der Waals surface area contributed by atoms with E-state index in [0.717, 1.165) is 5.92 Å². The highest BCUT2D eigenvalue weighted by atomic mass is 15.2.